The molecular weight excluding hydrogens is 584 g/mol. The fourth-order valence-corrected chi connectivity index (χ4v) is 7.71. The van der Waals surface area contributed by atoms with Gasteiger partial charge in [-0.2, -0.15) is 9.58 Å². The van der Waals surface area contributed by atoms with Crippen LogP contribution in [-0.4, -0.2) is 30.5 Å². The Labute approximate surface area is 231 Å². The first kappa shape index (κ1) is 29.7. The van der Waals surface area contributed by atoms with E-state index in [0.717, 1.165) is 42.3 Å². The molecule has 0 radical (unpaired) electrons. The summed E-state index contributed by atoms with van der Waals surface area (Å²) in [6.45, 7) is 20.9. The highest BCUT2D eigenvalue weighted by atomic mass is 79.9. The van der Waals surface area contributed by atoms with Crippen molar-refractivity contribution in [2.24, 2.45) is 0 Å². The molecule has 0 fully saturated rings. The predicted octanol–water partition coefficient (Wildman–Crippen LogP) is 9.10. The van der Waals surface area contributed by atoms with Crippen LogP contribution in [0, 0.1) is 13.8 Å². The number of aryl methyl sites for hydroxylation is 2. The van der Waals surface area contributed by atoms with Crippen molar-refractivity contribution >= 4 is 55.0 Å². The summed E-state index contributed by atoms with van der Waals surface area (Å²) < 4.78 is 0.814. The second-order valence-electron chi connectivity index (χ2n) is 10.7. The van der Waals surface area contributed by atoms with E-state index in [0.29, 0.717) is 11.4 Å². The molecule has 0 aromatic heterocycles. The molecule has 2 aromatic carbocycles. The summed E-state index contributed by atoms with van der Waals surface area (Å²) in [6, 6.07) is 8.31. The predicted molar refractivity (Wildman–Crippen MR) is 157 cm³/mol. The van der Waals surface area contributed by atoms with E-state index in [2.05, 4.69) is 121 Å². The molecule has 0 heterocycles. The lowest BCUT2D eigenvalue weighted by Gasteiger charge is -2.31. The third kappa shape index (κ3) is 6.45. The van der Waals surface area contributed by atoms with Gasteiger partial charge < -0.3 is 11.1 Å². The van der Waals surface area contributed by atoms with Gasteiger partial charge in [0.25, 0.3) is 0 Å². The Morgan fingerprint density at radius 3 is 1.29 bits per heavy atom. The molecule has 35 heavy (non-hydrogen) atoms. The molecule has 0 saturated carbocycles. The van der Waals surface area contributed by atoms with Gasteiger partial charge in [0, 0.05) is 8.95 Å². The lowest BCUT2D eigenvalue weighted by Crippen LogP contribution is -2.41. The zero-order chi connectivity index (χ0) is 26.9. The van der Waals surface area contributed by atoms with Crippen molar-refractivity contribution in [1.82, 2.24) is 0 Å². The maximum absolute atomic E-state index is 10.3. The molecule has 0 unspecified atom stereocenters. The highest BCUT2D eigenvalue weighted by Gasteiger charge is 2.47. The molecule has 0 spiro atoms. The van der Waals surface area contributed by atoms with Gasteiger partial charge in [0.1, 0.15) is 9.49 Å². The number of thioether (sulfide) groups is 1. The van der Waals surface area contributed by atoms with E-state index in [1.807, 2.05) is 13.8 Å². The fourth-order valence-electron chi connectivity index (χ4n) is 4.77. The maximum atomic E-state index is 10.3. The molecule has 0 N–H and O–H groups in total. The Hall–Kier alpha value is -1.49. The minimum Gasteiger partial charge on any atom is -0.361 e. The number of benzene rings is 2. The molecule has 0 aliphatic rings. The van der Waals surface area contributed by atoms with Crippen LogP contribution in [0.3, 0.4) is 0 Å². The van der Waals surface area contributed by atoms with E-state index in [9.17, 15) is 11.1 Å². The van der Waals surface area contributed by atoms with Gasteiger partial charge in [-0.25, -0.2) is 0 Å². The van der Waals surface area contributed by atoms with Crippen LogP contribution in [-0.2, 0) is 0 Å². The molecule has 4 nitrogen and oxygen atoms in total. The molecule has 0 aliphatic carbocycles. The van der Waals surface area contributed by atoms with Crippen molar-refractivity contribution < 1.29 is 9.58 Å². The van der Waals surface area contributed by atoms with Gasteiger partial charge in [-0.1, -0.05) is 59.6 Å². The minimum atomic E-state index is -0.600. The first-order valence-corrected chi connectivity index (χ1v) is 14.2. The summed E-state index contributed by atoms with van der Waals surface area (Å²) in [7, 11) is 0. The number of rotatable bonds is 8. The second-order valence-corrected chi connectivity index (χ2v) is 14.8. The van der Waals surface area contributed by atoms with Crippen LogP contribution < -0.4 is 0 Å². The van der Waals surface area contributed by atoms with Crippen LogP contribution in [0.2, 0.25) is 0 Å². The first-order chi connectivity index (χ1) is 16.1. The van der Waals surface area contributed by atoms with Gasteiger partial charge in [-0.15, -0.1) is 11.8 Å². The molecular formula is C28H36Br2N4S. The smallest absolute Gasteiger partial charge is 0.315 e. The van der Waals surface area contributed by atoms with E-state index < -0.39 is 9.49 Å². The minimum absolute atomic E-state index is 0.250. The number of halogens is 2. The van der Waals surface area contributed by atoms with Crippen molar-refractivity contribution in [2.75, 3.05) is 0 Å². The van der Waals surface area contributed by atoms with Crippen molar-refractivity contribution in [3.8, 4) is 0 Å². The highest BCUT2D eigenvalue weighted by molar-refractivity contribution is 9.10. The molecule has 0 aliphatic heterocycles. The monoisotopic (exact) mass is 618 g/mol. The van der Waals surface area contributed by atoms with Gasteiger partial charge in [-0.05, 0) is 99.9 Å². The topological polar surface area (TPSA) is 72.8 Å². The zero-order valence-corrected chi connectivity index (χ0v) is 26.4. The summed E-state index contributed by atoms with van der Waals surface area (Å²) in [4.78, 5) is 7.70. The Morgan fingerprint density at radius 2 is 1.03 bits per heavy atom. The van der Waals surface area contributed by atoms with Gasteiger partial charge in [0.15, 0.2) is 0 Å². The maximum Gasteiger partial charge on any atom is 0.315 e. The van der Waals surface area contributed by atoms with E-state index in [1.54, 1.807) is 11.8 Å². The Morgan fingerprint density at radius 1 is 0.714 bits per heavy atom. The third-order valence-corrected chi connectivity index (χ3v) is 8.55. The first-order valence-electron chi connectivity index (χ1n) is 11.8. The highest BCUT2D eigenvalue weighted by Crippen LogP contribution is 2.43. The standard InChI is InChI=1S/C28H36Br2N4S/c1-15(2)21-13-19(29)11-17(5)23(21)25(33-31)27(7,8)35-28(9,10)26(34-32)24-18(6)12-20(30)14-22(24)16(3)4/h11-16H,1-10H3. The Bertz CT molecular complexity index is 1140. The molecule has 0 amide bonds. The van der Waals surface area contributed by atoms with E-state index in [-0.39, 0.29) is 11.8 Å². The summed E-state index contributed by atoms with van der Waals surface area (Å²) in [5.41, 5.74) is 28.1. The third-order valence-electron chi connectivity index (χ3n) is 6.23. The molecule has 0 saturated heterocycles. The Balaban J connectivity index is 2.66. The van der Waals surface area contributed by atoms with Crippen molar-refractivity contribution in [3.63, 3.8) is 0 Å². The largest absolute Gasteiger partial charge is 0.361 e. The van der Waals surface area contributed by atoms with Crippen LogP contribution >= 0.6 is 43.6 Å². The lowest BCUT2D eigenvalue weighted by atomic mass is 9.86. The molecule has 0 atom stereocenters. The number of hydrogen-bond donors (Lipinski definition) is 0. The van der Waals surface area contributed by atoms with E-state index in [1.165, 1.54) is 0 Å². The summed E-state index contributed by atoms with van der Waals surface area (Å²) >= 11 is 8.85. The van der Waals surface area contributed by atoms with Crippen molar-refractivity contribution in [1.29, 1.82) is 0 Å². The number of nitrogens with zero attached hydrogens (tertiary/aromatic N) is 4. The van der Waals surface area contributed by atoms with E-state index >= 15 is 0 Å². The van der Waals surface area contributed by atoms with Crippen LogP contribution in [0.25, 0.3) is 11.1 Å². The second kappa shape index (κ2) is 11.3. The summed E-state index contributed by atoms with van der Waals surface area (Å²) in [6.07, 6.45) is 0. The normalized spacial score (nSPS) is 12.1. The van der Waals surface area contributed by atoms with E-state index in [4.69, 9.17) is 0 Å². The van der Waals surface area contributed by atoms with Gasteiger partial charge in [-0.3, -0.25) is 0 Å². The summed E-state index contributed by atoms with van der Waals surface area (Å²) in [5, 5.41) is 0. The molecule has 188 valence electrons. The van der Waals surface area contributed by atoms with Gasteiger partial charge in [0.05, 0.1) is 11.1 Å². The lowest BCUT2D eigenvalue weighted by molar-refractivity contribution is -0.00955. The average Bonchev–Trinajstić information content (AvgIpc) is 2.70. The Kier molecular flexibility index (Phi) is 9.58. The van der Waals surface area contributed by atoms with Gasteiger partial charge in [0.2, 0.25) is 0 Å². The fraction of sp³-hybridized carbons (Fsp3) is 0.500. The average molecular weight is 620 g/mol. The van der Waals surface area contributed by atoms with Crippen LogP contribution in [0.15, 0.2) is 33.2 Å². The molecule has 7 heteroatoms. The number of hydrogen-bond acceptors (Lipinski definition) is 1. The van der Waals surface area contributed by atoms with Crippen LogP contribution in [0.1, 0.15) is 101 Å². The van der Waals surface area contributed by atoms with Crippen LogP contribution in [0.4, 0.5) is 0 Å². The molecule has 2 rings (SSSR count). The quantitative estimate of drug-likeness (QED) is 0.165. The molecule has 0 bridgehead atoms. The SMILES string of the molecule is Cc1cc(Br)cc(C(C)C)c1C(=[N+]=[N-])C(C)(C)SC(C)(C)C(=[N+]=[N-])c1c(C)cc(Br)cc1C(C)C. The summed E-state index contributed by atoms with van der Waals surface area (Å²) in [5.74, 6) is 0.501. The van der Waals surface area contributed by atoms with Crippen molar-refractivity contribution in [3.05, 3.63) is 77.7 Å². The van der Waals surface area contributed by atoms with Crippen LogP contribution in [0.5, 0.6) is 0 Å². The molecule has 2 aromatic rings. The van der Waals surface area contributed by atoms with Gasteiger partial charge >= 0.3 is 11.4 Å². The van der Waals surface area contributed by atoms with Crippen molar-refractivity contribution in [2.45, 2.75) is 90.6 Å². The zero-order valence-electron chi connectivity index (χ0n) is 22.4.